The number of alkyl halides is 1. The lowest BCUT2D eigenvalue weighted by Crippen LogP contribution is -1.96. The summed E-state index contributed by atoms with van der Waals surface area (Å²) in [6.07, 6.45) is 0. The fourth-order valence-corrected chi connectivity index (χ4v) is 3.33. The first kappa shape index (κ1) is 14.2. The Labute approximate surface area is 133 Å². The van der Waals surface area contributed by atoms with Gasteiger partial charge < -0.3 is 4.74 Å². The highest BCUT2D eigenvalue weighted by atomic mass is 79.9. The van der Waals surface area contributed by atoms with E-state index in [1.54, 1.807) is 7.11 Å². The number of benzene rings is 3. The van der Waals surface area contributed by atoms with Crippen LogP contribution in [0, 0.1) is 6.92 Å². The van der Waals surface area contributed by atoms with Crippen molar-refractivity contribution in [3.63, 3.8) is 0 Å². The zero-order valence-corrected chi connectivity index (χ0v) is 13.7. The van der Waals surface area contributed by atoms with Gasteiger partial charge in [0, 0.05) is 0 Å². The van der Waals surface area contributed by atoms with Crippen LogP contribution >= 0.6 is 15.9 Å². The van der Waals surface area contributed by atoms with Gasteiger partial charge in [-0.1, -0.05) is 70.5 Å². The molecule has 0 N–H and O–H groups in total. The van der Waals surface area contributed by atoms with Crippen LogP contribution in [0.25, 0.3) is 10.8 Å². The molecule has 0 aromatic heterocycles. The Kier molecular flexibility index (Phi) is 3.98. The summed E-state index contributed by atoms with van der Waals surface area (Å²) < 4.78 is 5.44. The van der Waals surface area contributed by atoms with Gasteiger partial charge in [0.2, 0.25) is 0 Å². The van der Waals surface area contributed by atoms with Gasteiger partial charge in [-0.3, -0.25) is 0 Å². The molecule has 1 unspecified atom stereocenters. The van der Waals surface area contributed by atoms with E-state index in [1.165, 1.54) is 21.9 Å². The maximum absolute atomic E-state index is 5.44. The molecular weight excluding hydrogens is 324 g/mol. The first-order valence-corrected chi connectivity index (χ1v) is 7.88. The topological polar surface area (TPSA) is 9.23 Å². The van der Waals surface area contributed by atoms with Crippen molar-refractivity contribution in [1.82, 2.24) is 0 Å². The molecule has 1 atom stereocenters. The summed E-state index contributed by atoms with van der Waals surface area (Å²) in [4.78, 5) is 0.151. The van der Waals surface area contributed by atoms with Gasteiger partial charge in [-0.25, -0.2) is 0 Å². The molecule has 1 nitrogen and oxygen atoms in total. The van der Waals surface area contributed by atoms with Gasteiger partial charge in [-0.2, -0.15) is 0 Å². The molecule has 0 aliphatic heterocycles. The van der Waals surface area contributed by atoms with Gasteiger partial charge in [0.25, 0.3) is 0 Å². The minimum atomic E-state index is 0.151. The van der Waals surface area contributed by atoms with Gasteiger partial charge in [-0.05, 0) is 40.5 Å². The van der Waals surface area contributed by atoms with Crippen LogP contribution < -0.4 is 4.74 Å². The van der Waals surface area contributed by atoms with Crippen LogP contribution in [0.1, 0.15) is 21.5 Å². The highest BCUT2D eigenvalue weighted by Gasteiger charge is 2.14. The fraction of sp³-hybridized carbons (Fsp3) is 0.158. The molecule has 0 aliphatic carbocycles. The van der Waals surface area contributed by atoms with E-state index in [1.807, 2.05) is 0 Å². The Morgan fingerprint density at radius 3 is 2.52 bits per heavy atom. The standard InChI is InChI=1S/C19H17BrO/c1-13-10-11-15(12-18(13)21-2)19(20)17-9-5-7-14-6-3-4-8-16(14)17/h3-12,19H,1-2H3. The largest absolute Gasteiger partial charge is 0.496 e. The molecule has 0 aliphatic rings. The zero-order valence-electron chi connectivity index (χ0n) is 12.1. The van der Waals surface area contributed by atoms with Crippen LogP contribution in [0.2, 0.25) is 0 Å². The van der Waals surface area contributed by atoms with E-state index >= 15 is 0 Å². The van der Waals surface area contributed by atoms with Gasteiger partial charge in [0.05, 0.1) is 11.9 Å². The number of ether oxygens (including phenoxy) is 1. The summed E-state index contributed by atoms with van der Waals surface area (Å²) in [6.45, 7) is 2.06. The predicted octanol–water partition coefficient (Wildman–Crippen LogP) is 5.64. The first-order valence-electron chi connectivity index (χ1n) is 6.97. The van der Waals surface area contributed by atoms with Gasteiger partial charge >= 0.3 is 0 Å². The Bertz CT molecular complexity index is 774. The van der Waals surface area contributed by atoms with Crippen LogP contribution in [-0.2, 0) is 0 Å². The molecule has 0 spiro atoms. The van der Waals surface area contributed by atoms with E-state index in [0.717, 1.165) is 11.3 Å². The fourth-order valence-electron chi connectivity index (χ4n) is 2.65. The molecule has 3 rings (SSSR count). The number of methoxy groups -OCH3 is 1. The minimum absolute atomic E-state index is 0.151. The summed E-state index contributed by atoms with van der Waals surface area (Å²) in [5.41, 5.74) is 3.63. The van der Waals surface area contributed by atoms with Crippen LogP contribution in [0.3, 0.4) is 0 Å². The Hall–Kier alpha value is -1.80. The maximum atomic E-state index is 5.44. The van der Waals surface area contributed by atoms with Crippen molar-refractivity contribution in [1.29, 1.82) is 0 Å². The molecule has 21 heavy (non-hydrogen) atoms. The van der Waals surface area contributed by atoms with E-state index in [2.05, 4.69) is 83.5 Å². The van der Waals surface area contributed by atoms with Crippen molar-refractivity contribution in [3.05, 3.63) is 77.4 Å². The third kappa shape index (κ3) is 2.68. The number of halogens is 1. The van der Waals surface area contributed by atoms with Crippen LogP contribution in [0.5, 0.6) is 5.75 Å². The molecule has 0 heterocycles. The Balaban J connectivity index is 2.10. The maximum Gasteiger partial charge on any atom is 0.122 e. The van der Waals surface area contributed by atoms with Crippen LogP contribution in [0.15, 0.2) is 60.7 Å². The average Bonchev–Trinajstić information content (AvgIpc) is 2.54. The number of aryl methyl sites for hydroxylation is 1. The quantitative estimate of drug-likeness (QED) is 0.560. The van der Waals surface area contributed by atoms with Crippen molar-refractivity contribution >= 4 is 26.7 Å². The van der Waals surface area contributed by atoms with E-state index in [9.17, 15) is 0 Å². The second-order valence-corrected chi connectivity index (χ2v) is 6.08. The lowest BCUT2D eigenvalue weighted by molar-refractivity contribution is 0.411. The van der Waals surface area contributed by atoms with Gasteiger partial charge in [0.1, 0.15) is 5.75 Å². The highest BCUT2D eigenvalue weighted by Crippen LogP contribution is 2.37. The minimum Gasteiger partial charge on any atom is -0.496 e. The summed E-state index contributed by atoms with van der Waals surface area (Å²) in [6, 6.07) is 21.3. The van der Waals surface area contributed by atoms with Crippen molar-refractivity contribution < 1.29 is 4.74 Å². The van der Waals surface area contributed by atoms with Crippen LogP contribution in [-0.4, -0.2) is 7.11 Å². The summed E-state index contributed by atoms with van der Waals surface area (Å²) in [5.74, 6) is 0.928. The third-order valence-electron chi connectivity index (χ3n) is 3.82. The monoisotopic (exact) mass is 340 g/mol. The van der Waals surface area contributed by atoms with Gasteiger partial charge in [-0.15, -0.1) is 0 Å². The first-order chi connectivity index (χ1) is 10.2. The average molecular weight is 341 g/mol. The van der Waals surface area contributed by atoms with Crippen molar-refractivity contribution in [2.24, 2.45) is 0 Å². The zero-order chi connectivity index (χ0) is 14.8. The van der Waals surface area contributed by atoms with E-state index < -0.39 is 0 Å². The molecule has 3 aromatic carbocycles. The summed E-state index contributed by atoms with van der Waals surface area (Å²) in [7, 11) is 1.72. The summed E-state index contributed by atoms with van der Waals surface area (Å²) in [5, 5.41) is 2.54. The van der Waals surface area contributed by atoms with Crippen LogP contribution in [0.4, 0.5) is 0 Å². The number of hydrogen-bond acceptors (Lipinski definition) is 1. The molecule has 106 valence electrons. The van der Waals surface area contributed by atoms with E-state index in [-0.39, 0.29) is 4.83 Å². The Morgan fingerprint density at radius 2 is 1.71 bits per heavy atom. The van der Waals surface area contributed by atoms with Crippen molar-refractivity contribution in [3.8, 4) is 5.75 Å². The second-order valence-electron chi connectivity index (χ2n) is 5.16. The lowest BCUT2D eigenvalue weighted by Gasteiger charge is -2.15. The molecule has 0 radical (unpaired) electrons. The lowest BCUT2D eigenvalue weighted by atomic mass is 9.97. The predicted molar refractivity (Wildman–Crippen MR) is 92.4 cm³/mol. The smallest absolute Gasteiger partial charge is 0.122 e. The van der Waals surface area contributed by atoms with Crippen molar-refractivity contribution in [2.45, 2.75) is 11.8 Å². The molecular formula is C19H17BrO. The summed E-state index contributed by atoms with van der Waals surface area (Å²) >= 11 is 3.85. The number of rotatable bonds is 3. The molecule has 2 heteroatoms. The molecule has 0 saturated carbocycles. The normalized spacial score (nSPS) is 12.3. The van der Waals surface area contributed by atoms with E-state index in [0.29, 0.717) is 0 Å². The molecule has 0 fully saturated rings. The molecule has 0 amide bonds. The Morgan fingerprint density at radius 1 is 0.952 bits per heavy atom. The number of hydrogen-bond donors (Lipinski definition) is 0. The van der Waals surface area contributed by atoms with Gasteiger partial charge in [0.15, 0.2) is 0 Å². The number of fused-ring (bicyclic) bond motifs is 1. The SMILES string of the molecule is COc1cc(C(Br)c2cccc3ccccc23)ccc1C. The molecule has 3 aromatic rings. The third-order valence-corrected chi connectivity index (χ3v) is 4.84. The highest BCUT2D eigenvalue weighted by molar-refractivity contribution is 9.09. The second kappa shape index (κ2) is 5.90. The molecule has 0 bridgehead atoms. The molecule has 0 saturated heterocycles. The van der Waals surface area contributed by atoms with Crippen molar-refractivity contribution in [2.75, 3.05) is 7.11 Å². The van der Waals surface area contributed by atoms with E-state index in [4.69, 9.17) is 4.74 Å².